The van der Waals surface area contributed by atoms with Crippen molar-refractivity contribution >= 4 is 49.8 Å². The first-order chi connectivity index (χ1) is 31.5. The SMILES string of the molecule is CC1(C)c2ccccc2-c2ccc(-c3c4ccccc4cc4c3oc3ccc(N(c5ccccc5)c5ccc6c(c5)C(c5ccccc5)(c5ccccc5)c5ccccc5-6)cc34)cc21. The minimum Gasteiger partial charge on any atom is -0.455 e. The molecule has 0 spiro atoms. The quantitative estimate of drug-likeness (QED) is 0.166. The monoisotopic (exact) mass is 817 g/mol. The molecular formula is C62H43NO. The van der Waals surface area contributed by atoms with Crippen LogP contribution in [-0.2, 0) is 10.8 Å². The Bertz CT molecular complexity index is 3600. The Kier molecular flexibility index (Phi) is 7.90. The zero-order valence-corrected chi connectivity index (χ0v) is 35.7. The second-order valence-electron chi connectivity index (χ2n) is 18.0. The van der Waals surface area contributed by atoms with E-state index in [-0.39, 0.29) is 5.41 Å². The summed E-state index contributed by atoms with van der Waals surface area (Å²) in [5.41, 5.74) is 19.7. The average molecular weight is 818 g/mol. The van der Waals surface area contributed by atoms with E-state index in [1.165, 1.54) is 72.0 Å². The van der Waals surface area contributed by atoms with Crippen LogP contribution >= 0.6 is 0 Å². The van der Waals surface area contributed by atoms with Crippen LogP contribution < -0.4 is 4.90 Å². The van der Waals surface area contributed by atoms with Crippen molar-refractivity contribution in [3.63, 3.8) is 0 Å². The van der Waals surface area contributed by atoms with Gasteiger partial charge < -0.3 is 9.32 Å². The maximum Gasteiger partial charge on any atom is 0.143 e. The summed E-state index contributed by atoms with van der Waals surface area (Å²) in [4.78, 5) is 2.41. The molecule has 0 unspecified atom stereocenters. The van der Waals surface area contributed by atoms with Crippen molar-refractivity contribution in [1.29, 1.82) is 0 Å². The lowest BCUT2D eigenvalue weighted by Crippen LogP contribution is -2.28. The van der Waals surface area contributed by atoms with E-state index >= 15 is 0 Å². The van der Waals surface area contributed by atoms with Crippen molar-refractivity contribution in [2.24, 2.45) is 0 Å². The van der Waals surface area contributed by atoms with E-state index in [1.807, 2.05) is 0 Å². The number of nitrogens with zero attached hydrogens (tertiary/aromatic N) is 1. The first kappa shape index (κ1) is 36.7. The summed E-state index contributed by atoms with van der Waals surface area (Å²) < 4.78 is 7.03. The highest BCUT2D eigenvalue weighted by Gasteiger charge is 2.46. The zero-order valence-electron chi connectivity index (χ0n) is 35.7. The number of rotatable bonds is 6. The summed E-state index contributed by atoms with van der Waals surface area (Å²) in [6.07, 6.45) is 0. The summed E-state index contributed by atoms with van der Waals surface area (Å²) in [6, 6.07) is 82.6. The predicted molar refractivity (Wildman–Crippen MR) is 266 cm³/mol. The lowest BCUT2D eigenvalue weighted by atomic mass is 9.67. The molecule has 0 radical (unpaired) electrons. The van der Waals surface area contributed by atoms with Crippen LogP contribution in [0.1, 0.15) is 47.2 Å². The highest BCUT2D eigenvalue weighted by atomic mass is 16.3. The van der Waals surface area contributed by atoms with Gasteiger partial charge >= 0.3 is 0 Å². The standard InChI is InChI=1S/C62H43NO/c1-61(2)54-28-16-14-26-48(54)50-33-30-41(37-56(50)61)59-47-25-13-12-18-40(47)36-53-52-38-45(32-35-58(52)64-60(53)59)63(44-23-10-5-11-24-44)46-31-34-51-49-27-15-17-29-55(49)62(57(51)39-46,42-19-6-3-7-20-42)43-21-8-4-9-22-43/h3-39H,1-2H3. The van der Waals surface area contributed by atoms with Gasteiger partial charge in [0.1, 0.15) is 11.2 Å². The summed E-state index contributed by atoms with van der Waals surface area (Å²) in [6.45, 7) is 4.70. The zero-order chi connectivity index (χ0) is 42.6. The minimum atomic E-state index is -0.509. The molecule has 2 nitrogen and oxygen atoms in total. The van der Waals surface area contributed by atoms with Crippen molar-refractivity contribution in [3.8, 4) is 33.4 Å². The van der Waals surface area contributed by atoms with Crippen LogP contribution in [0.3, 0.4) is 0 Å². The van der Waals surface area contributed by atoms with Crippen LogP contribution in [0, 0.1) is 0 Å². The highest BCUT2D eigenvalue weighted by Crippen LogP contribution is 2.58. The Morgan fingerprint density at radius 2 is 0.938 bits per heavy atom. The van der Waals surface area contributed by atoms with Gasteiger partial charge in [0.25, 0.3) is 0 Å². The van der Waals surface area contributed by atoms with Gasteiger partial charge in [0.2, 0.25) is 0 Å². The van der Waals surface area contributed by atoms with Crippen molar-refractivity contribution in [2.75, 3.05) is 4.90 Å². The molecule has 0 amide bonds. The largest absolute Gasteiger partial charge is 0.455 e. The molecule has 1 heterocycles. The van der Waals surface area contributed by atoms with Gasteiger partial charge in [0.15, 0.2) is 0 Å². The van der Waals surface area contributed by atoms with Crippen LogP contribution in [0.4, 0.5) is 17.1 Å². The van der Waals surface area contributed by atoms with Crippen molar-refractivity contribution < 1.29 is 4.42 Å². The number of hydrogen-bond donors (Lipinski definition) is 0. The van der Waals surface area contributed by atoms with Gasteiger partial charge in [-0.25, -0.2) is 0 Å². The third kappa shape index (κ3) is 5.14. The lowest BCUT2D eigenvalue weighted by Gasteiger charge is -2.35. The molecule has 0 saturated heterocycles. The smallest absolute Gasteiger partial charge is 0.143 e. The van der Waals surface area contributed by atoms with E-state index < -0.39 is 5.41 Å². The van der Waals surface area contributed by atoms with Gasteiger partial charge in [-0.15, -0.1) is 0 Å². The molecule has 0 N–H and O–H groups in total. The topological polar surface area (TPSA) is 16.4 Å². The molecule has 0 aliphatic heterocycles. The summed E-state index contributed by atoms with van der Waals surface area (Å²) in [5.74, 6) is 0. The molecule has 64 heavy (non-hydrogen) atoms. The second kappa shape index (κ2) is 13.8. The number of fused-ring (bicyclic) bond motifs is 10. The molecule has 2 heteroatoms. The van der Waals surface area contributed by atoms with Crippen LogP contribution in [0.25, 0.3) is 66.1 Å². The molecule has 302 valence electrons. The fourth-order valence-corrected chi connectivity index (χ4v) is 11.4. The molecule has 0 atom stereocenters. The minimum absolute atomic E-state index is 0.114. The van der Waals surface area contributed by atoms with Gasteiger partial charge in [-0.3, -0.25) is 0 Å². The Morgan fingerprint density at radius 3 is 1.69 bits per heavy atom. The van der Waals surface area contributed by atoms with E-state index in [1.54, 1.807) is 0 Å². The second-order valence-corrected chi connectivity index (χ2v) is 18.0. The lowest BCUT2D eigenvalue weighted by molar-refractivity contribution is 0.660. The van der Waals surface area contributed by atoms with Gasteiger partial charge in [-0.05, 0) is 127 Å². The molecule has 10 aromatic carbocycles. The normalized spacial score (nSPS) is 14.0. The number of hydrogen-bond acceptors (Lipinski definition) is 2. The molecule has 2 aliphatic carbocycles. The number of anilines is 3. The Hall–Kier alpha value is -7.94. The first-order valence-corrected chi connectivity index (χ1v) is 22.3. The summed E-state index contributed by atoms with van der Waals surface area (Å²) in [5, 5.41) is 4.58. The van der Waals surface area contributed by atoms with E-state index in [0.29, 0.717) is 0 Å². The summed E-state index contributed by atoms with van der Waals surface area (Å²) >= 11 is 0. The molecule has 0 fully saturated rings. The summed E-state index contributed by atoms with van der Waals surface area (Å²) in [7, 11) is 0. The van der Waals surface area contributed by atoms with Gasteiger partial charge in [-0.1, -0.05) is 184 Å². The van der Waals surface area contributed by atoms with E-state index in [0.717, 1.165) is 44.6 Å². The van der Waals surface area contributed by atoms with Gasteiger partial charge in [0, 0.05) is 38.8 Å². The highest BCUT2D eigenvalue weighted by molar-refractivity contribution is 6.19. The molecule has 11 aromatic rings. The number of furan rings is 1. The van der Waals surface area contributed by atoms with E-state index in [4.69, 9.17) is 4.42 Å². The van der Waals surface area contributed by atoms with Crippen LogP contribution in [0.15, 0.2) is 229 Å². The number of benzene rings is 10. The molecular weight excluding hydrogens is 775 g/mol. The fraction of sp³-hybridized carbons (Fsp3) is 0.0645. The van der Waals surface area contributed by atoms with Crippen molar-refractivity contribution in [1.82, 2.24) is 0 Å². The van der Waals surface area contributed by atoms with Crippen molar-refractivity contribution in [3.05, 3.63) is 258 Å². The number of para-hydroxylation sites is 1. The molecule has 0 saturated carbocycles. The maximum atomic E-state index is 7.03. The van der Waals surface area contributed by atoms with Crippen LogP contribution in [0.5, 0.6) is 0 Å². The van der Waals surface area contributed by atoms with Crippen LogP contribution in [-0.4, -0.2) is 0 Å². The Balaban J connectivity index is 1.02. The van der Waals surface area contributed by atoms with Gasteiger partial charge in [-0.2, -0.15) is 0 Å². The first-order valence-electron chi connectivity index (χ1n) is 22.3. The van der Waals surface area contributed by atoms with Gasteiger partial charge in [0.05, 0.1) is 5.41 Å². The van der Waals surface area contributed by atoms with E-state index in [2.05, 4.69) is 243 Å². The molecule has 2 aliphatic rings. The third-order valence-corrected chi connectivity index (χ3v) is 14.3. The third-order valence-electron chi connectivity index (χ3n) is 14.3. The molecule has 13 rings (SSSR count). The molecule has 1 aromatic heterocycles. The predicted octanol–water partition coefficient (Wildman–Crippen LogP) is 16.5. The van der Waals surface area contributed by atoms with Crippen LogP contribution in [0.2, 0.25) is 0 Å². The maximum absolute atomic E-state index is 7.03. The average Bonchev–Trinajstić information content (AvgIpc) is 3.94. The molecule has 0 bridgehead atoms. The van der Waals surface area contributed by atoms with Crippen molar-refractivity contribution in [2.45, 2.75) is 24.7 Å². The fourth-order valence-electron chi connectivity index (χ4n) is 11.4. The van der Waals surface area contributed by atoms with E-state index in [9.17, 15) is 0 Å². The Labute approximate surface area is 373 Å². The Morgan fingerprint density at radius 1 is 0.375 bits per heavy atom.